The molecule has 1 aliphatic rings. The van der Waals surface area contributed by atoms with Gasteiger partial charge in [0, 0.05) is 19.0 Å². The Morgan fingerprint density at radius 2 is 2.20 bits per heavy atom. The molecule has 112 valence electrons. The van der Waals surface area contributed by atoms with E-state index in [9.17, 15) is 9.18 Å². The largest absolute Gasteiger partial charge is 0.491 e. The van der Waals surface area contributed by atoms with Crippen LogP contribution >= 0.6 is 12.4 Å². The lowest BCUT2D eigenvalue weighted by molar-refractivity contribution is -0.116. The van der Waals surface area contributed by atoms with Gasteiger partial charge in [-0.1, -0.05) is 0 Å². The van der Waals surface area contributed by atoms with Gasteiger partial charge in [0.1, 0.15) is 11.6 Å². The van der Waals surface area contributed by atoms with Gasteiger partial charge >= 0.3 is 0 Å². The van der Waals surface area contributed by atoms with E-state index in [1.165, 1.54) is 31.0 Å². The van der Waals surface area contributed by atoms with Crippen LogP contribution in [0.15, 0.2) is 18.2 Å². The van der Waals surface area contributed by atoms with Crippen molar-refractivity contribution in [3.05, 3.63) is 24.0 Å². The summed E-state index contributed by atoms with van der Waals surface area (Å²) >= 11 is 0. The van der Waals surface area contributed by atoms with Gasteiger partial charge in [-0.15, -0.1) is 12.4 Å². The van der Waals surface area contributed by atoms with Gasteiger partial charge in [0.2, 0.25) is 5.91 Å². The maximum absolute atomic E-state index is 13.2. The zero-order valence-electron chi connectivity index (χ0n) is 11.4. The third kappa shape index (κ3) is 5.35. The number of anilines is 1. The first-order chi connectivity index (χ1) is 9.19. The van der Waals surface area contributed by atoms with Crippen molar-refractivity contribution in [1.82, 2.24) is 5.32 Å². The van der Waals surface area contributed by atoms with Crippen LogP contribution in [0, 0.1) is 11.7 Å². The van der Waals surface area contributed by atoms with E-state index in [0.717, 1.165) is 0 Å². The highest BCUT2D eigenvalue weighted by atomic mass is 35.5. The lowest BCUT2D eigenvalue weighted by Gasteiger charge is -2.12. The third-order valence-electron chi connectivity index (χ3n) is 2.99. The normalized spacial score (nSPS) is 13.5. The number of benzene rings is 1. The Labute approximate surface area is 124 Å². The minimum absolute atomic E-state index is 0. The molecule has 2 N–H and O–H groups in total. The minimum Gasteiger partial charge on any atom is -0.491 e. The SMILES string of the molecule is CNCCC(=O)Nc1ccc(F)cc1OCC1CC1.Cl. The predicted octanol–water partition coefficient (Wildman–Crippen LogP) is 2.58. The molecule has 0 unspecified atom stereocenters. The minimum atomic E-state index is -0.362. The van der Waals surface area contributed by atoms with Crippen molar-refractivity contribution in [3.8, 4) is 5.75 Å². The standard InChI is InChI=1S/C14H19FN2O2.ClH/c1-16-7-6-14(18)17-12-5-4-11(15)8-13(12)19-9-10-2-3-10;/h4-5,8,10,16H,2-3,6-7,9H2,1H3,(H,17,18);1H. The second kappa shape index (κ2) is 8.07. The fourth-order valence-electron chi connectivity index (χ4n) is 1.66. The molecule has 6 heteroatoms. The Bertz CT molecular complexity index is 453. The van der Waals surface area contributed by atoms with Crippen LogP contribution in [0.2, 0.25) is 0 Å². The highest BCUT2D eigenvalue weighted by Crippen LogP contribution is 2.32. The van der Waals surface area contributed by atoms with E-state index >= 15 is 0 Å². The summed E-state index contributed by atoms with van der Waals surface area (Å²) in [6, 6.07) is 4.17. The molecule has 0 atom stereocenters. The van der Waals surface area contributed by atoms with Gasteiger partial charge in [0.25, 0.3) is 0 Å². The molecule has 1 aromatic carbocycles. The molecular formula is C14H20ClFN2O2. The molecule has 20 heavy (non-hydrogen) atoms. The van der Waals surface area contributed by atoms with Crippen LogP contribution in [0.4, 0.5) is 10.1 Å². The van der Waals surface area contributed by atoms with Crippen molar-refractivity contribution in [3.63, 3.8) is 0 Å². The second-order valence-electron chi connectivity index (χ2n) is 4.80. The summed E-state index contributed by atoms with van der Waals surface area (Å²) in [6.45, 7) is 1.19. The molecular weight excluding hydrogens is 283 g/mol. The van der Waals surface area contributed by atoms with Gasteiger partial charge in [-0.25, -0.2) is 4.39 Å². The third-order valence-corrected chi connectivity index (χ3v) is 2.99. The van der Waals surface area contributed by atoms with E-state index in [2.05, 4.69) is 10.6 Å². The highest BCUT2D eigenvalue weighted by molar-refractivity contribution is 5.92. The van der Waals surface area contributed by atoms with Crippen LogP contribution in [-0.4, -0.2) is 26.1 Å². The number of ether oxygens (including phenoxy) is 1. The number of carbonyl (C=O) groups excluding carboxylic acids is 1. The fraction of sp³-hybridized carbons (Fsp3) is 0.500. The van der Waals surface area contributed by atoms with Crippen LogP contribution in [0.25, 0.3) is 0 Å². The Kier molecular flexibility index (Phi) is 6.75. The molecule has 1 fully saturated rings. The van der Waals surface area contributed by atoms with Gasteiger partial charge in [-0.2, -0.15) is 0 Å². The number of hydrogen-bond acceptors (Lipinski definition) is 3. The van der Waals surface area contributed by atoms with Gasteiger partial charge < -0.3 is 15.4 Å². The summed E-state index contributed by atoms with van der Waals surface area (Å²) in [5, 5.41) is 5.65. The molecule has 0 saturated heterocycles. The van der Waals surface area contributed by atoms with Crippen molar-refractivity contribution >= 4 is 24.0 Å². The molecule has 2 rings (SSSR count). The number of rotatable bonds is 7. The van der Waals surface area contributed by atoms with E-state index in [0.29, 0.717) is 36.9 Å². The van der Waals surface area contributed by atoms with Crippen LogP contribution in [0.3, 0.4) is 0 Å². The van der Waals surface area contributed by atoms with Crippen LogP contribution in [0.5, 0.6) is 5.75 Å². The van der Waals surface area contributed by atoms with E-state index in [1.807, 2.05) is 0 Å². The average molecular weight is 303 g/mol. The molecule has 1 aromatic rings. The van der Waals surface area contributed by atoms with Crippen LogP contribution < -0.4 is 15.4 Å². The first-order valence-corrected chi connectivity index (χ1v) is 6.56. The number of nitrogens with one attached hydrogen (secondary N) is 2. The van der Waals surface area contributed by atoms with Crippen molar-refractivity contribution in [2.24, 2.45) is 5.92 Å². The lowest BCUT2D eigenvalue weighted by Crippen LogP contribution is -2.19. The molecule has 0 heterocycles. The van der Waals surface area contributed by atoms with Crippen LogP contribution in [0.1, 0.15) is 19.3 Å². The first kappa shape index (κ1) is 16.7. The first-order valence-electron chi connectivity index (χ1n) is 6.56. The summed E-state index contributed by atoms with van der Waals surface area (Å²) in [6.07, 6.45) is 2.70. The Morgan fingerprint density at radius 1 is 1.45 bits per heavy atom. The fourth-order valence-corrected chi connectivity index (χ4v) is 1.66. The molecule has 0 radical (unpaired) electrons. The number of amides is 1. The summed E-state index contributed by atoms with van der Waals surface area (Å²) in [5.41, 5.74) is 0.531. The molecule has 0 aliphatic heterocycles. The Balaban J connectivity index is 0.00000200. The van der Waals surface area contributed by atoms with E-state index < -0.39 is 0 Å². The van der Waals surface area contributed by atoms with Crippen molar-refractivity contribution in [2.45, 2.75) is 19.3 Å². The smallest absolute Gasteiger partial charge is 0.225 e. The van der Waals surface area contributed by atoms with E-state index in [-0.39, 0.29) is 24.1 Å². The maximum atomic E-state index is 13.2. The molecule has 4 nitrogen and oxygen atoms in total. The molecule has 1 saturated carbocycles. The monoisotopic (exact) mass is 302 g/mol. The Hall–Kier alpha value is -1.33. The lowest BCUT2D eigenvalue weighted by atomic mass is 10.2. The van der Waals surface area contributed by atoms with E-state index in [4.69, 9.17) is 4.74 Å². The Morgan fingerprint density at radius 3 is 2.85 bits per heavy atom. The highest BCUT2D eigenvalue weighted by Gasteiger charge is 2.22. The van der Waals surface area contributed by atoms with Crippen LogP contribution in [-0.2, 0) is 4.79 Å². The molecule has 0 spiro atoms. The van der Waals surface area contributed by atoms with Gasteiger partial charge in [0.15, 0.2) is 0 Å². The van der Waals surface area contributed by atoms with Gasteiger partial charge in [0.05, 0.1) is 12.3 Å². The number of carbonyl (C=O) groups is 1. The maximum Gasteiger partial charge on any atom is 0.225 e. The van der Waals surface area contributed by atoms with Crippen molar-refractivity contribution in [1.29, 1.82) is 0 Å². The topological polar surface area (TPSA) is 50.4 Å². The summed E-state index contributed by atoms with van der Waals surface area (Å²) in [4.78, 5) is 11.7. The van der Waals surface area contributed by atoms with Crippen molar-refractivity contribution in [2.75, 3.05) is 25.5 Å². The van der Waals surface area contributed by atoms with E-state index in [1.54, 1.807) is 7.05 Å². The molecule has 1 amide bonds. The average Bonchev–Trinajstić information content (AvgIpc) is 3.20. The molecule has 0 aromatic heterocycles. The summed E-state index contributed by atoms with van der Waals surface area (Å²) in [7, 11) is 1.79. The van der Waals surface area contributed by atoms with Crippen molar-refractivity contribution < 1.29 is 13.9 Å². The second-order valence-corrected chi connectivity index (χ2v) is 4.80. The zero-order valence-corrected chi connectivity index (χ0v) is 12.3. The summed E-state index contributed by atoms with van der Waals surface area (Å²) < 4.78 is 18.8. The van der Waals surface area contributed by atoms with Gasteiger partial charge in [-0.3, -0.25) is 4.79 Å². The summed E-state index contributed by atoms with van der Waals surface area (Å²) in [5.74, 6) is 0.511. The zero-order chi connectivity index (χ0) is 13.7. The molecule has 0 bridgehead atoms. The molecule has 1 aliphatic carbocycles. The van der Waals surface area contributed by atoms with Gasteiger partial charge in [-0.05, 0) is 37.9 Å². The number of hydrogen-bond donors (Lipinski definition) is 2. The number of halogens is 2. The predicted molar refractivity (Wildman–Crippen MR) is 79.0 cm³/mol. The quantitative estimate of drug-likeness (QED) is 0.814.